The maximum absolute atomic E-state index is 7.36. The largest absolute Gasteiger partial charge is 0.384 e. The molecule has 1 aliphatic carbocycles. The molecule has 1 fully saturated rings. The highest BCUT2D eigenvalue weighted by molar-refractivity contribution is 5.95. The van der Waals surface area contributed by atoms with E-state index in [1.54, 1.807) is 0 Å². The summed E-state index contributed by atoms with van der Waals surface area (Å²) in [5, 5.41) is 7.36. The Morgan fingerprint density at radius 3 is 3.00 bits per heavy atom. The molecular weight excluding hydrogens is 188 g/mol. The Hall–Kier alpha value is -1.84. The maximum atomic E-state index is 7.36. The van der Waals surface area contributed by atoms with E-state index in [0.717, 1.165) is 16.9 Å². The summed E-state index contributed by atoms with van der Waals surface area (Å²) >= 11 is 0. The molecule has 2 aromatic rings. The van der Waals surface area contributed by atoms with Gasteiger partial charge in [0.2, 0.25) is 0 Å². The Balaban J connectivity index is 2.17. The molecule has 4 nitrogen and oxygen atoms in total. The first-order valence-corrected chi connectivity index (χ1v) is 5.07. The number of nitrogens with two attached hydrogens (primary N) is 1. The molecule has 3 N–H and O–H groups in total. The van der Waals surface area contributed by atoms with Crippen LogP contribution in [-0.2, 0) is 0 Å². The molecule has 0 spiro atoms. The van der Waals surface area contributed by atoms with E-state index >= 15 is 0 Å². The first-order chi connectivity index (χ1) is 7.25. The number of fused-ring (bicyclic) bond motifs is 1. The molecule has 0 radical (unpaired) electrons. The van der Waals surface area contributed by atoms with E-state index in [2.05, 4.69) is 9.38 Å². The van der Waals surface area contributed by atoms with E-state index in [1.807, 2.05) is 24.5 Å². The van der Waals surface area contributed by atoms with Crippen molar-refractivity contribution >= 4 is 11.4 Å². The van der Waals surface area contributed by atoms with Crippen molar-refractivity contribution in [3.05, 3.63) is 35.9 Å². The molecule has 4 heteroatoms. The molecular formula is C11H12N4. The van der Waals surface area contributed by atoms with Gasteiger partial charge in [-0.25, -0.2) is 4.98 Å². The van der Waals surface area contributed by atoms with Crippen molar-refractivity contribution < 1.29 is 0 Å². The van der Waals surface area contributed by atoms with Gasteiger partial charge in [0, 0.05) is 17.7 Å². The Morgan fingerprint density at radius 2 is 2.33 bits per heavy atom. The van der Waals surface area contributed by atoms with Crippen LogP contribution >= 0.6 is 0 Å². The minimum Gasteiger partial charge on any atom is -0.384 e. The van der Waals surface area contributed by atoms with Gasteiger partial charge in [0.1, 0.15) is 11.7 Å². The van der Waals surface area contributed by atoms with Crippen LogP contribution in [0.1, 0.15) is 30.1 Å². The summed E-state index contributed by atoms with van der Waals surface area (Å²) in [6, 6.07) is 3.77. The Morgan fingerprint density at radius 1 is 1.53 bits per heavy atom. The summed E-state index contributed by atoms with van der Waals surface area (Å²) in [6.45, 7) is 0. The summed E-state index contributed by atoms with van der Waals surface area (Å²) in [5.41, 5.74) is 7.21. The second kappa shape index (κ2) is 2.82. The van der Waals surface area contributed by atoms with Crippen LogP contribution < -0.4 is 5.73 Å². The molecule has 3 rings (SSSR count). The quantitative estimate of drug-likeness (QED) is 0.569. The molecule has 1 saturated carbocycles. The molecule has 2 aromatic heterocycles. The third-order valence-electron chi connectivity index (χ3n) is 2.81. The summed E-state index contributed by atoms with van der Waals surface area (Å²) in [5.74, 6) is 1.88. The van der Waals surface area contributed by atoms with Gasteiger partial charge in [-0.05, 0) is 25.0 Å². The number of amidine groups is 1. The molecule has 0 unspecified atom stereocenters. The van der Waals surface area contributed by atoms with Crippen LogP contribution in [0.2, 0.25) is 0 Å². The molecule has 1 aliphatic rings. The number of hydrogen-bond donors (Lipinski definition) is 2. The zero-order valence-corrected chi connectivity index (χ0v) is 8.27. The van der Waals surface area contributed by atoms with E-state index in [9.17, 15) is 0 Å². The topological polar surface area (TPSA) is 67.2 Å². The number of nitrogen functional groups attached to an aromatic ring is 1. The van der Waals surface area contributed by atoms with Crippen LogP contribution in [0.4, 0.5) is 0 Å². The zero-order chi connectivity index (χ0) is 10.4. The second-order valence-corrected chi connectivity index (χ2v) is 4.01. The number of nitrogens with zero attached hydrogens (tertiary/aromatic N) is 2. The van der Waals surface area contributed by atoms with Crippen molar-refractivity contribution in [2.24, 2.45) is 5.73 Å². The standard InChI is InChI=1S/C11H12N4/c12-10(13)8-3-4-15-9(5-8)6-14-11(15)7-1-2-7/h3-7H,1-2H2,(H3,12,13). The molecule has 0 saturated heterocycles. The minimum atomic E-state index is 0.103. The van der Waals surface area contributed by atoms with E-state index in [1.165, 1.54) is 12.8 Å². The number of hydrogen-bond acceptors (Lipinski definition) is 2. The normalized spacial score (nSPS) is 15.7. The lowest BCUT2D eigenvalue weighted by Crippen LogP contribution is -2.11. The average Bonchev–Trinajstić information content (AvgIpc) is 2.98. The van der Waals surface area contributed by atoms with E-state index < -0.39 is 0 Å². The van der Waals surface area contributed by atoms with E-state index in [4.69, 9.17) is 11.1 Å². The first-order valence-electron chi connectivity index (χ1n) is 5.07. The van der Waals surface area contributed by atoms with Crippen molar-refractivity contribution in [2.75, 3.05) is 0 Å². The molecule has 76 valence electrons. The average molecular weight is 200 g/mol. The number of imidazole rings is 1. The molecule has 0 aromatic carbocycles. The van der Waals surface area contributed by atoms with Gasteiger partial charge in [-0.3, -0.25) is 5.41 Å². The number of rotatable bonds is 2. The van der Waals surface area contributed by atoms with Crippen LogP contribution in [0.5, 0.6) is 0 Å². The van der Waals surface area contributed by atoms with Gasteiger partial charge in [0.25, 0.3) is 0 Å². The van der Waals surface area contributed by atoms with Gasteiger partial charge < -0.3 is 10.1 Å². The highest BCUT2D eigenvalue weighted by atomic mass is 15.0. The highest BCUT2D eigenvalue weighted by Crippen LogP contribution is 2.39. The first kappa shape index (κ1) is 8.47. The van der Waals surface area contributed by atoms with Crippen LogP contribution in [0.15, 0.2) is 24.5 Å². The summed E-state index contributed by atoms with van der Waals surface area (Å²) in [6.07, 6.45) is 6.29. The third-order valence-corrected chi connectivity index (χ3v) is 2.81. The molecule has 0 bridgehead atoms. The van der Waals surface area contributed by atoms with Crippen LogP contribution in [0.3, 0.4) is 0 Å². The fourth-order valence-corrected chi connectivity index (χ4v) is 1.83. The monoisotopic (exact) mass is 200 g/mol. The van der Waals surface area contributed by atoms with Crippen molar-refractivity contribution in [3.63, 3.8) is 0 Å². The van der Waals surface area contributed by atoms with Gasteiger partial charge in [0.05, 0.1) is 11.7 Å². The van der Waals surface area contributed by atoms with Crippen molar-refractivity contribution in [1.82, 2.24) is 9.38 Å². The Bertz CT molecular complexity index is 537. The predicted octanol–water partition coefficient (Wildman–Crippen LogP) is 1.50. The highest BCUT2D eigenvalue weighted by Gasteiger charge is 2.27. The summed E-state index contributed by atoms with van der Waals surface area (Å²) in [7, 11) is 0. The Labute approximate surface area is 87.2 Å². The molecule has 0 atom stereocenters. The SMILES string of the molecule is N=C(N)c1ccn2c(C3CC3)ncc2c1. The lowest BCUT2D eigenvalue weighted by atomic mass is 10.2. The van der Waals surface area contributed by atoms with Gasteiger partial charge in [-0.15, -0.1) is 0 Å². The number of pyridine rings is 1. The predicted molar refractivity (Wildman–Crippen MR) is 58.2 cm³/mol. The van der Waals surface area contributed by atoms with Crippen LogP contribution in [0.25, 0.3) is 5.52 Å². The summed E-state index contributed by atoms with van der Waals surface area (Å²) in [4.78, 5) is 4.41. The van der Waals surface area contributed by atoms with Gasteiger partial charge in [-0.1, -0.05) is 0 Å². The van der Waals surface area contributed by atoms with Gasteiger partial charge >= 0.3 is 0 Å². The van der Waals surface area contributed by atoms with Gasteiger partial charge in [0.15, 0.2) is 0 Å². The van der Waals surface area contributed by atoms with Crippen molar-refractivity contribution in [1.29, 1.82) is 5.41 Å². The third kappa shape index (κ3) is 1.29. The second-order valence-electron chi connectivity index (χ2n) is 4.01. The summed E-state index contributed by atoms with van der Waals surface area (Å²) < 4.78 is 2.09. The number of nitrogens with one attached hydrogen (secondary N) is 1. The molecule has 15 heavy (non-hydrogen) atoms. The Kier molecular flexibility index (Phi) is 1.59. The zero-order valence-electron chi connectivity index (χ0n) is 8.27. The molecule has 0 amide bonds. The maximum Gasteiger partial charge on any atom is 0.122 e. The van der Waals surface area contributed by atoms with Crippen molar-refractivity contribution in [3.8, 4) is 0 Å². The van der Waals surface area contributed by atoms with Gasteiger partial charge in [-0.2, -0.15) is 0 Å². The van der Waals surface area contributed by atoms with Crippen LogP contribution in [-0.4, -0.2) is 15.2 Å². The fraction of sp³-hybridized carbons (Fsp3) is 0.273. The lowest BCUT2D eigenvalue weighted by Gasteiger charge is -2.01. The molecule has 2 heterocycles. The number of aromatic nitrogens is 2. The van der Waals surface area contributed by atoms with Crippen molar-refractivity contribution in [2.45, 2.75) is 18.8 Å². The smallest absolute Gasteiger partial charge is 0.122 e. The molecule has 0 aliphatic heterocycles. The fourth-order valence-electron chi connectivity index (χ4n) is 1.83. The van der Waals surface area contributed by atoms with E-state index in [-0.39, 0.29) is 5.84 Å². The minimum absolute atomic E-state index is 0.103. The van der Waals surface area contributed by atoms with Crippen LogP contribution in [0, 0.1) is 5.41 Å². The lowest BCUT2D eigenvalue weighted by molar-refractivity contribution is 0.920. The van der Waals surface area contributed by atoms with E-state index in [0.29, 0.717) is 5.92 Å².